The van der Waals surface area contributed by atoms with Crippen molar-refractivity contribution >= 4 is 0 Å². The van der Waals surface area contributed by atoms with Gasteiger partial charge in [0.25, 0.3) is 0 Å². The summed E-state index contributed by atoms with van der Waals surface area (Å²) in [5, 5.41) is 3.54. The van der Waals surface area contributed by atoms with Crippen LogP contribution in [0.5, 0.6) is 0 Å². The predicted molar refractivity (Wildman–Crippen MR) is 97.8 cm³/mol. The quantitative estimate of drug-likeness (QED) is 0.646. The molecule has 21 heavy (non-hydrogen) atoms. The van der Waals surface area contributed by atoms with Gasteiger partial charge in [-0.15, -0.1) is 0 Å². The Hall–Kier alpha value is -0.120. The summed E-state index contributed by atoms with van der Waals surface area (Å²) in [6, 6.07) is 0.572. The van der Waals surface area contributed by atoms with Crippen LogP contribution < -0.4 is 11.1 Å². The number of rotatable bonds is 10. The molecule has 3 nitrogen and oxygen atoms in total. The summed E-state index contributed by atoms with van der Waals surface area (Å²) < 4.78 is 0. The zero-order valence-electron chi connectivity index (χ0n) is 16.3. The van der Waals surface area contributed by atoms with Gasteiger partial charge in [0, 0.05) is 12.6 Å². The summed E-state index contributed by atoms with van der Waals surface area (Å²) in [7, 11) is 2.22. The van der Waals surface area contributed by atoms with Crippen LogP contribution in [0.1, 0.15) is 68.2 Å². The van der Waals surface area contributed by atoms with Crippen LogP contribution >= 0.6 is 0 Å². The average Bonchev–Trinajstić information content (AvgIpc) is 2.43. The van der Waals surface area contributed by atoms with Crippen LogP contribution in [-0.4, -0.2) is 44.2 Å². The lowest BCUT2D eigenvalue weighted by Crippen LogP contribution is -2.37. The van der Waals surface area contributed by atoms with E-state index in [0.29, 0.717) is 11.5 Å². The number of hydrogen-bond acceptors (Lipinski definition) is 3. The van der Waals surface area contributed by atoms with E-state index in [1.54, 1.807) is 0 Å². The molecule has 0 fully saturated rings. The molecule has 0 aromatic carbocycles. The highest BCUT2D eigenvalue weighted by Crippen LogP contribution is 2.21. The number of hydrogen-bond donors (Lipinski definition) is 2. The van der Waals surface area contributed by atoms with E-state index in [2.05, 4.69) is 58.8 Å². The molecule has 0 bridgehead atoms. The van der Waals surface area contributed by atoms with E-state index in [1.807, 2.05) is 13.8 Å². The van der Waals surface area contributed by atoms with Crippen LogP contribution in [0.2, 0.25) is 0 Å². The molecule has 0 rings (SSSR count). The van der Waals surface area contributed by atoms with Crippen molar-refractivity contribution in [1.82, 2.24) is 10.2 Å². The van der Waals surface area contributed by atoms with Crippen molar-refractivity contribution in [2.24, 2.45) is 16.6 Å². The van der Waals surface area contributed by atoms with Crippen molar-refractivity contribution in [3.63, 3.8) is 0 Å². The van der Waals surface area contributed by atoms with E-state index in [4.69, 9.17) is 5.73 Å². The molecule has 0 aliphatic carbocycles. The van der Waals surface area contributed by atoms with Crippen LogP contribution in [0.25, 0.3) is 0 Å². The Morgan fingerprint density at radius 2 is 1.38 bits per heavy atom. The topological polar surface area (TPSA) is 41.3 Å². The monoisotopic (exact) mass is 301 g/mol. The number of nitrogens with one attached hydrogen (secondary N) is 1. The zero-order valence-corrected chi connectivity index (χ0v) is 16.3. The fourth-order valence-corrected chi connectivity index (χ4v) is 1.77. The summed E-state index contributed by atoms with van der Waals surface area (Å²) in [4.78, 5) is 2.44. The second kappa shape index (κ2) is 11.4. The Balaban J connectivity index is 0. The van der Waals surface area contributed by atoms with Crippen LogP contribution in [0, 0.1) is 10.8 Å². The lowest BCUT2D eigenvalue weighted by atomic mass is 9.88. The zero-order chi connectivity index (χ0) is 17.1. The summed E-state index contributed by atoms with van der Waals surface area (Å²) in [5.41, 5.74) is 6.41. The van der Waals surface area contributed by atoms with Gasteiger partial charge in [0.05, 0.1) is 0 Å². The number of nitrogens with zero attached hydrogens (tertiary/aromatic N) is 1. The Morgan fingerprint density at radius 3 is 1.76 bits per heavy atom. The van der Waals surface area contributed by atoms with Gasteiger partial charge in [-0.05, 0) is 50.4 Å². The van der Waals surface area contributed by atoms with E-state index < -0.39 is 0 Å². The third-order valence-corrected chi connectivity index (χ3v) is 3.88. The van der Waals surface area contributed by atoms with E-state index in [-0.39, 0.29) is 5.41 Å². The van der Waals surface area contributed by atoms with Crippen molar-refractivity contribution in [3.8, 4) is 0 Å². The average molecular weight is 302 g/mol. The Bertz CT molecular complexity index is 235. The van der Waals surface area contributed by atoms with Crippen molar-refractivity contribution in [2.45, 2.75) is 74.3 Å². The Kier molecular flexibility index (Phi) is 12.6. The molecule has 0 saturated carbocycles. The molecule has 3 N–H and O–H groups in total. The SMILES string of the molecule is CC.CC(C)NCC(C)(C)CCN(C)CCC(C)(C)CN. The third-order valence-electron chi connectivity index (χ3n) is 3.88. The second-order valence-electron chi connectivity index (χ2n) is 7.87. The molecule has 0 amide bonds. The first kappa shape index (κ1) is 23.2. The summed E-state index contributed by atoms with van der Waals surface area (Å²) in [5.74, 6) is 0. The molecule has 0 atom stereocenters. The lowest BCUT2D eigenvalue weighted by Gasteiger charge is -2.30. The first-order valence-corrected chi connectivity index (χ1v) is 8.70. The summed E-state index contributed by atoms with van der Waals surface area (Å²) in [6.07, 6.45) is 2.40. The molecule has 0 radical (unpaired) electrons. The van der Waals surface area contributed by atoms with Gasteiger partial charge >= 0.3 is 0 Å². The highest BCUT2D eigenvalue weighted by atomic mass is 15.1. The summed E-state index contributed by atoms with van der Waals surface area (Å²) in [6.45, 7) is 21.8. The van der Waals surface area contributed by atoms with Gasteiger partial charge in [-0.3, -0.25) is 0 Å². The molecule has 0 aliphatic heterocycles. The Morgan fingerprint density at radius 1 is 0.952 bits per heavy atom. The van der Waals surface area contributed by atoms with Gasteiger partial charge in [-0.1, -0.05) is 55.4 Å². The fraction of sp³-hybridized carbons (Fsp3) is 1.00. The van der Waals surface area contributed by atoms with E-state index >= 15 is 0 Å². The normalized spacial score (nSPS) is 12.6. The smallest absolute Gasteiger partial charge is 0.00106 e. The predicted octanol–water partition coefficient (Wildman–Crippen LogP) is 3.73. The number of nitrogens with two attached hydrogens (primary N) is 1. The molecular weight excluding hydrogens is 258 g/mol. The van der Waals surface area contributed by atoms with Gasteiger partial charge in [0.1, 0.15) is 0 Å². The molecule has 0 aromatic heterocycles. The molecule has 0 spiro atoms. The molecule has 0 heterocycles. The van der Waals surface area contributed by atoms with Crippen molar-refractivity contribution in [1.29, 1.82) is 0 Å². The van der Waals surface area contributed by atoms with Gasteiger partial charge in [-0.25, -0.2) is 0 Å². The van der Waals surface area contributed by atoms with E-state index in [1.165, 1.54) is 12.8 Å². The van der Waals surface area contributed by atoms with Crippen LogP contribution in [0.15, 0.2) is 0 Å². The molecule has 130 valence electrons. The standard InChI is InChI=1S/C16H37N3.C2H6/c1-14(2)18-13-16(5,6)9-11-19(7)10-8-15(3,4)12-17;1-2/h14,18H,8-13,17H2,1-7H3;1-2H3. The fourth-order valence-electron chi connectivity index (χ4n) is 1.77. The maximum Gasteiger partial charge on any atom is 0.00106 e. The van der Waals surface area contributed by atoms with Crippen molar-refractivity contribution < 1.29 is 0 Å². The van der Waals surface area contributed by atoms with Gasteiger partial charge in [0.15, 0.2) is 0 Å². The van der Waals surface area contributed by atoms with Crippen LogP contribution in [-0.2, 0) is 0 Å². The van der Waals surface area contributed by atoms with Gasteiger partial charge < -0.3 is 16.0 Å². The van der Waals surface area contributed by atoms with E-state index in [9.17, 15) is 0 Å². The third kappa shape index (κ3) is 14.6. The minimum Gasteiger partial charge on any atom is -0.330 e. The largest absolute Gasteiger partial charge is 0.330 e. The molecule has 0 aliphatic rings. The van der Waals surface area contributed by atoms with Crippen LogP contribution in [0.4, 0.5) is 0 Å². The van der Waals surface area contributed by atoms with E-state index in [0.717, 1.165) is 26.2 Å². The maximum absolute atomic E-state index is 5.78. The molecular formula is C18H43N3. The van der Waals surface area contributed by atoms with Gasteiger partial charge in [0.2, 0.25) is 0 Å². The molecule has 0 unspecified atom stereocenters. The second-order valence-corrected chi connectivity index (χ2v) is 7.87. The highest BCUT2D eigenvalue weighted by molar-refractivity contribution is 4.75. The molecule has 3 heteroatoms. The van der Waals surface area contributed by atoms with Crippen LogP contribution in [0.3, 0.4) is 0 Å². The minimum absolute atomic E-state index is 0.267. The van der Waals surface area contributed by atoms with Crippen molar-refractivity contribution in [3.05, 3.63) is 0 Å². The van der Waals surface area contributed by atoms with Gasteiger partial charge in [-0.2, -0.15) is 0 Å². The first-order chi connectivity index (χ1) is 9.58. The van der Waals surface area contributed by atoms with Crippen molar-refractivity contribution in [2.75, 3.05) is 33.2 Å². The first-order valence-electron chi connectivity index (χ1n) is 8.70. The summed E-state index contributed by atoms with van der Waals surface area (Å²) >= 11 is 0. The molecule has 0 saturated heterocycles. The molecule has 0 aromatic rings. The lowest BCUT2D eigenvalue weighted by molar-refractivity contribution is 0.212. The Labute approximate surface area is 135 Å². The highest BCUT2D eigenvalue weighted by Gasteiger charge is 2.20. The maximum atomic E-state index is 5.78. The minimum atomic E-state index is 0.267.